The molecule has 8 heteroatoms. The van der Waals surface area contributed by atoms with Crippen molar-refractivity contribution in [1.82, 2.24) is 19.4 Å². The molecule has 1 aromatic heterocycles. The molecule has 0 spiro atoms. The van der Waals surface area contributed by atoms with E-state index in [0.717, 1.165) is 30.1 Å². The van der Waals surface area contributed by atoms with Gasteiger partial charge in [0.1, 0.15) is 29.5 Å². The van der Waals surface area contributed by atoms with Crippen LogP contribution in [0.3, 0.4) is 0 Å². The van der Waals surface area contributed by atoms with Gasteiger partial charge in [0.05, 0.1) is 13.2 Å². The maximum absolute atomic E-state index is 12.1. The lowest BCUT2D eigenvalue weighted by Gasteiger charge is -2.32. The lowest BCUT2D eigenvalue weighted by Crippen LogP contribution is -2.51. The Morgan fingerprint density at radius 2 is 1.78 bits per heavy atom. The largest absolute Gasteiger partial charge is 0.494 e. The van der Waals surface area contributed by atoms with Gasteiger partial charge in [0, 0.05) is 52.0 Å². The van der Waals surface area contributed by atoms with Gasteiger partial charge in [-0.1, -0.05) is 30.3 Å². The molecule has 8 nitrogen and oxygen atoms in total. The number of hydrogen-bond donors (Lipinski definition) is 1. The number of ether oxygens (including phenoxy) is 2. The van der Waals surface area contributed by atoms with Gasteiger partial charge in [-0.2, -0.15) is 0 Å². The van der Waals surface area contributed by atoms with Crippen molar-refractivity contribution in [2.45, 2.75) is 39.0 Å². The van der Waals surface area contributed by atoms with E-state index in [1.54, 1.807) is 11.8 Å². The quantitative estimate of drug-likeness (QED) is 0.438. The molecule has 0 radical (unpaired) electrons. The highest BCUT2D eigenvalue weighted by molar-refractivity contribution is 5.73. The Bertz CT molecular complexity index is 1100. The summed E-state index contributed by atoms with van der Waals surface area (Å²) >= 11 is 0. The Hall–Kier alpha value is -3.36. The third-order valence-electron chi connectivity index (χ3n) is 6.45. The summed E-state index contributed by atoms with van der Waals surface area (Å²) < 4.78 is 13.9. The molecule has 2 aromatic carbocycles. The fourth-order valence-corrected chi connectivity index (χ4v) is 4.49. The summed E-state index contributed by atoms with van der Waals surface area (Å²) in [6, 6.07) is 17.5. The van der Waals surface area contributed by atoms with Crippen LogP contribution in [0.1, 0.15) is 24.7 Å². The van der Waals surface area contributed by atoms with E-state index in [1.165, 1.54) is 0 Å². The van der Waals surface area contributed by atoms with Crippen molar-refractivity contribution < 1.29 is 19.4 Å². The maximum Gasteiger partial charge on any atom is 0.219 e. The third-order valence-corrected chi connectivity index (χ3v) is 6.45. The number of nitrogens with zero attached hydrogens (tertiary/aromatic N) is 4. The van der Waals surface area contributed by atoms with Crippen LogP contribution in [0.25, 0.3) is 0 Å². The minimum atomic E-state index is -1.17. The number of carbonyl (C=O) groups excluding carboxylic acids is 1. The predicted octanol–water partition coefficient (Wildman–Crippen LogP) is 3.13. The van der Waals surface area contributed by atoms with Crippen LogP contribution in [0.4, 0.5) is 0 Å². The van der Waals surface area contributed by atoms with Gasteiger partial charge in [0.15, 0.2) is 0 Å². The van der Waals surface area contributed by atoms with E-state index in [9.17, 15) is 9.90 Å². The number of aromatic nitrogens is 2. The molecule has 4 rings (SSSR count). The van der Waals surface area contributed by atoms with E-state index in [4.69, 9.17) is 9.47 Å². The van der Waals surface area contributed by atoms with Gasteiger partial charge in [-0.05, 0) is 43.2 Å². The number of rotatable bonds is 10. The predicted molar refractivity (Wildman–Crippen MR) is 138 cm³/mol. The number of para-hydroxylation sites is 1. The Labute approximate surface area is 213 Å². The summed E-state index contributed by atoms with van der Waals surface area (Å²) in [5.74, 6) is 2.51. The summed E-state index contributed by atoms with van der Waals surface area (Å²) in [4.78, 5) is 20.3. The van der Waals surface area contributed by atoms with E-state index in [0.29, 0.717) is 38.5 Å². The van der Waals surface area contributed by atoms with Crippen molar-refractivity contribution in [3.8, 4) is 11.5 Å². The first-order valence-electron chi connectivity index (χ1n) is 12.5. The van der Waals surface area contributed by atoms with E-state index in [-0.39, 0.29) is 19.1 Å². The molecule has 0 saturated carbocycles. The van der Waals surface area contributed by atoms with Gasteiger partial charge in [-0.3, -0.25) is 9.69 Å². The number of β-amino-alcohol motifs (C(OH)–C–C–N with tert-alkyl or cyclic N) is 1. The zero-order valence-electron chi connectivity index (χ0n) is 21.2. The van der Waals surface area contributed by atoms with Crippen LogP contribution in [0.15, 0.2) is 67.0 Å². The second-order valence-electron chi connectivity index (χ2n) is 9.49. The molecule has 1 aliphatic heterocycles. The average molecular weight is 493 g/mol. The average Bonchev–Trinajstić information content (AvgIpc) is 3.20. The Morgan fingerprint density at radius 1 is 1.03 bits per heavy atom. The first kappa shape index (κ1) is 25.7. The van der Waals surface area contributed by atoms with Crippen molar-refractivity contribution in [2.75, 3.05) is 39.4 Å². The standard InChI is InChI=1S/C28H36N4O4/c1-23-29-13-15-31(23)14-6-18-35-27-11-9-25(10-12-27)19-30-16-17-32(24(2)33)21-28(34,20-30)22-36-26-7-4-3-5-8-26/h3-5,7-13,15,34H,6,14,16-22H2,1-2H3. The maximum atomic E-state index is 12.1. The molecule has 1 fully saturated rings. The molecule has 2 heterocycles. The molecule has 36 heavy (non-hydrogen) atoms. The van der Waals surface area contributed by atoms with Crippen molar-refractivity contribution in [2.24, 2.45) is 0 Å². The monoisotopic (exact) mass is 492 g/mol. The first-order valence-corrected chi connectivity index (χ1v) is 12.5. The highest BCUT2D eigenvalue weighted by Gasteiger charge is 2.36. The second-order valence-corrected chi connectivity index (χ2v) is 9.49. The zero-order chi connectivity index (χ0) is 25.4. The molecule has 1 amide bonds. The van der Waals surface area contributed by atoms with Crippen molar-refractivity contribution in [1.29, 1.82) is 0 Å². The molecule has 192 valence electrons. The molecule has 1 saturated heterocycles. The van der Waals surface area contributed by atoms with Gasteiger partial charge in [0.2, 0.25) is 5.91 Å². The minimum absolute atomic E-state index is 0.0420. The molecule has 1 aliphatic rings. The number of amides is 1. The smallest absolute Gasteiger partial charge is 0.219 e. The molecular weight excluding hydrogens is 456 g/mol. The molecule has 1 atom stereocenters. The molecule has 0 aliphatic carbocycles. The fourth-order valence-electron chi connectivity index (χ4n) is 4.49. The molecule has 1 unspecified atom stereocenters. The van der Waals surface area contributed by atoms with Crippen LogP contribution in [0, 0.1) is 6.92 Å². The highest BCUT2D eigenvalue weighted by Crippen LogP contribution is 2.21. The summed E-state index contributed by atoms with van der Waals surface area (Å²) in [6.45, 7) is 7.75. The number of aryl methyl sites for hydroxylation is 2. The number of benzene rings is 2. The molecule has 0 bridgehead atoms. The van der Waals surface area contributed by atoms with Crippen LogP contribution in [0.5, 0.6) is 11.5 Å². The number of hydrogen-bond acceptors (Lipinski definition) is 6. The Balaban J connectivity index is 1.31. The summed E-state index contributed by atoms with van der Waals surface area (Å²) in [7, 11) is 0. The van der Waals surface area contributed by atoms with Crippen LogP contribution < -0.4 is 9.47 Å². The summed E-state index contributed by atoms with van der Waals surface area (Å²) in [5, 5.41) is 11.4. The summed E-state index contributed by atoms with van der Waals surface area (Å²) in [6.07, 6.45) is 4.70. The fraction of sp³-hybridized carbons (Fsp3) is 0.429. The van der Waals surface area contributed by atoms with Crippen LogP contribution in [0.2, 0.25) is 0 Å². The topological polar surface area (TPSA) is 80.1 Å². The van der Waals surface area contributed by atoms with E-state index in [1.807, 2.05) is 61.8 Å². The second kappa shape index (κ2) is 12.1. The van der Waals surface area contributed by atoms with Crippen molar-refractivity contribution >= 4 is 5.91 Å². The van der Waals surface area contributed by atoms with Gasteiger partial charge in [-0.15, -0.1) is 0 Å². The number of aliphatic hydroxyl groups is 1. The molecular formula is C28H36N4O4. The van der Waals surface area contributed by atoms with Crippen LogP contribution >= 0.6 is 0 Å². The highest BCUT2D eigenvalue weighted by atomic mass is 16.5. The van der Waals surface area contributed by atoms with Gasteiger partial charge < -0.3 is 24.0 Å². The van der Waals surface area contributed by atoms with Crippen molar-refractivity contribution in [3.63, 3.8) is 0 Å². The molecule has 3 aromatic rings. The van der Waals surface area contributed by atoms with E-state index >= 15 is 0 Å². The van der Waals surface area contributed by atoms with E-state index < -0.39 is 5.60 Å². The third kappa shape index (κ3) is 7.32. The van der Waals surface area contributed by atoms with Gasteiger partial charge >= 0.3 is 0 Å². The minimum Gasteiger partial charge on any atom is -0.494 e. The van der Waals surface area contributed by atoms with E-state index in [2.05, 4.69) is 26.6 Å². The molecule has 1 N–H and O–H groups in total. The Kier molecular flexibility index (Phi) is 8.61. The number of carbonyl (C=O) groups is 1. The van der Waals surface area contributed by atoms with Gasteiger partial charge in [0.25, 0.3) is 0 Å². The normalized spacial score (nSPS) is 18.6. The zero-order valence-corrected chi connectivity index (χ0v) is 21.2. The lowest BCUT2D eigenvalue weighted by atomic mass is 10.0. The SMILES string of the molecule is CC(=O)N1CCN(Cc2ccc(OCCCn3ccnc3C)cc2)CC(O)(COc2ccccc2)C1. The Morgan fingerprint density at radius 3 is 2.47 bits per heavy atom. The first-order chi connectivity index (χ1) is 17.4. The number of imidazole rings is 1. The summed E-state index contributed by atoms with van der Waals surface area (Å²) in [5.41, 5.74) is -0.0479. The van der Waals surface area contributed by atoms with Crippen LogP contribution in [-0.4, -0.2) is 75.4 Å². The van der Waals surface area contributed by atoms with Crippen LogP contribution in [-0.2, 0) is 17.9 Å². The lowest BCUT2D eigenvalue weighted by molar-refractivity contribution is -0.132. The van der Waals surface area contributed by atoms with Gasteiger partial charge in [-0.25, -0.2) is 4.98 Å². The van der Waals surface area contributed by atoms with Crippen molar-refractivity contribution in [3.05, 3.63) is 78.4 Å².